The van der Waals surface area contributed by atoms with E-state index in [1.807, 2.05) is 0 Å². The second-order valence-corrected chi connectivity index (χ2v) is 5.43. The van der Waals surface area contributed by atoms with Crippen molar-refractivity contribution in [2.24, 2.45) is 7.05 Å². The van der Waals surface area contributed by atoms with Gasteiger partial charge in [-0.25, -0.2) is 15.0 Å². The van der Waals surface area contributed by atoms with Crippen molar-refractivity contribution in [3.05, 3.63) is 24.4 Å². The molecule has 2 aromatic heterocycles. The predicted molar refractivity (Wildman–Crippen MR) is 67.3 cm³/mol. The van der Waals surface area contributed by atoms with Gasteiger partial charge >= 0.3 is 6.01 Å². The standard InChI is InChI=1S/C10H13N5O3S/c1-7-13-9(6-15(7)2)19(16,17)14-8-4-11-10(18-3)12-5-8/h4-6,14H,1-3H3. The van der Waals surface area contributed by atoms with Crippen molar-refractivity contribution in [3.8, 4) is 6.01 Å². The highest BCUT2D eigenvalue weighted by atomic mass is 32.2. The molecular weight excluding hydrogens is 270 g/mol. The van der Waals surface area contributed by atoms with Gasteiger partial charge in [0.15, 0.2) is 5.03 Å². The van der Waals surface area contributed by atoms with E-state index in [9.17, 15) is 8.42 Å². The second-order valence-electron chi connectivity index (χ2n) is 3.80. The van der Waals surface area contributed by atoms with Crippen LogP contribution in [-0.2, 0) is 17.1 Å². The minimum absolute atomic E-state index is 0.0525. The molecule has 0 aromatic carbocycles. The van der Waals surface area contributed by atoms with E-state index in [1.54, 1.807) is 18.5 Å². The molecule has 0 aliphatic heterocycles. The number of hydrogen-bond acceptors (Lipinski definition) is 6. The van der Waals surface area contributed by atoms with Gasteiger partial charge < -0.3 is 9.30 Å². The fourth-order valence-electron chi connectivity index (χ4n) is 1.34. The van der Waals surface area contributed by atoms with Gasteiger partial charge in [0.1, 0.15) is 5.82 Å². The molecule has 0 atom stereocenters. The number of imidazole rings is 1. The molecule has 0 radical (unpaired) electrons. The Morgan fingerprint density at radius 1 is 1.32 bits per heavy atom. The molecule has 9 heteroatoms. The van der Waals surface area contributed by atoms with Gasteiger partial charge in [0.25, 0.3) is 10.0 Å². The summed E-state index contributed by atoms with van der Waals surface area (Å²) in [5.74, 6) is 0.603. The zero-order valence-electron chi connectivity index (χ0n) is 10.7. The van der Waals surface area contributed by atoms with E-state index in [4.69, 9.17) is 4.74 Å². The van der Waals surface area contributed by atoms with Crippen LogP contribution in [0.5, 0.6) is 6.01 Å². The Morgan fingerprint density at radius 2 is 1.95 bits per heavy atom. The number of methoxy groups -OCH3 is 1. The van der Waals surface area contributed by atoms with Crippen molar-refractivity contribution < 1.29 is 13.2 Å². The first-order chi connectivity index (χ1) is 8.92. The number of hydrogen-bond donors (Lipinski definition) is 1. The average molecular weight is 283 g/mol. The SMILES string of the molecule is COc1ncc(NS(=O)(=O)c2cn(C)c(C)n2)cn1. The number of ether oxygens (including phenoxy) is 1. The Morgan fingerprint density at radius 3 is 2.42 bits per heavy atom. The first-order valence-electron chi connectivity index (χ1n) is 5.31. The van der Waals surface area contributed by atoms with Crippen molar-refractivity contribution in [2.45, 2.75) is 11.9 Å². The van der Waals surface area contributed by atoms with Crippen LogP contribution in [0.1, 0.15) is 5.82 Å². The third-order valence-electron chi connectivity index (χ3n) is 2.42. The minimum atomic E-state index is -3.74. The summed E-state index contributed by atoms with van der Waals surface area (Å²) in [6.45, 7) is 1.72. The summed E-state index contributed by atoms with van der Waals surface area (Å²) in [7, 11) is -0.591. The third kappa shape index (κ3) is 2.81. The first-order valence-corrected chi connectivity index (χ1v) is 6.79. The maximum atomic E-state index is 12.0. The molecule has 0 bridgehead atoms. The molecule has 0 aliphatic carbocycles. The normalized spacial score (nSPS) is 11.3. The lowest BCUT2D eigenvalue weighted by molar-refractivity contribution is 0.380. The quantitative estimate of drug-likeness (QED) is 0.868. The first kappa shape index (κ1) is 13.3. The van der Waals surface area contributed by atoms with Crippen LogP contribution in [0.2, 0.25) is 0 Å². The molecule has 0 aliphatic rings. The van der Waals surface area contributed by atoms with Crippen LogP contribution in [-0.4, -0.2) is 35.0 Å². The van der Waals surface area contributed by atoms with E-state index >= 15 is 0 Å². The second kappa shape index (κ2) is 4.84. The molecule has 102 valence electrons. The summed E-state index contributed by atoms with van der Waals surface area (Å²) in [4.78, 5) is 11.6. The summed E-state index contributed by atoms with van der Waals surface area (Å²) in [6, 6.07) is 0.164. The molecule has 0 spiro atoms. The van der Waals surface area contributed by atoms with E-state index in [0.29, 0.717) is 5.82 Å². The molecular formula is C10H13N5O3S. The fourth-order valence-corrected chi connectivity index (χ4v) is 2.41. The molecule has 0 saturated heterocycles. The van der Waals surface area contributed by atoms with Gasteiger partial charge in [0.2, 0.25) is 0 Å². The summed E-state index contributed by atoms with van der Waals surface area (Å²) in [6.07, 6.45) is 4.07. The minimum Gasteiger partial charge on any atom is -0.467 e. The van der Waals surface area contributed by atoms with Crippen molar-refractivity contribution in [1.82, 2.24) is 19.5 Å². The highest BCUT2D eigenvalue weighted by Crippen LogP contribution is 2.14. The van der Waals surface area contributed by atoms with Gasteiger partial charge in [-0.05, 0) is 6.92 Å². The fraction of sp³-hybridized carbons (Fsp3) is 0.300. The summed E-state index contributed by atoms with van der Waals surface area (Å²) >= 11 is 0. The van der Waals surface area contributed by atoms with Crippen molar-refractivity contribution >= 4 is 15.7 Å². The van der Waals surface area contributed by atoms with Crippen LogP contribution in [0.4, 0.5) is 5.69 Å². The molecule has 0 saturated carbocycles. The topological polar surface area (TPSA) is 99.0 Å². The van der Waals surface area contributed by atoms with Crippen molar-refractivity contribution in [3.63, 3.8) is 0 Å². The van der Waals surface area contributed by atoms with Crippen LogP contribution in [0.3, 0.4) is 0 Å². The summed E-state index contributed by atoms with van der Waals surface area (Å²) in [5.41, 5.74) is 0.240. The summed E-state index contributed by atoms with van der Waals surface area (Å²) < 4.78 is 32.8. The molecule has 2 rings (SSSR count). The van der Waals surface area contributed by atoms with Gasteiger partial charge in [0, 0.05) is 13.2 Å². The lowest BCUT2D eigenvalue weighted by Crippen LogP contribution is -2.14. The lowest BCUT2D eigenvalue weighted by Gasteiger charge is -2.05. The van der Waals surface area contributed by atoms with Crippen LogP contribution in [0, 0.1) is 6.92 Å². The van der Waals surface area contributed by atoms with Crippen molar-refractivity contribution in [1.29, 1.82) is 0 Å². The van der Waals surface area contributed by atoms with Crippen LogP contribution in [0.25, 0.3) is 0 Å². The Hall–Kier alpha value is -2.16. The molecule has 2 heterocycles. The zero-order valence-corrected chi connectivity index (χ0v) is 11.5. The number of sulfonamides is 1. The third-order valence-corrected chi connectivity index (χ3v) is 3.68. The van der Waals surface area contributed by atoms with E-state index in [0.717, 1.165) is 0 Å². The number of aryl methyl sites for hydroxylation is 2. The maximum absolute atomic E-state index is 12.0. The largest absolute Gasteiger partial charge is 0.467 e. The summed E-state index contributed by atoms with van der Waals surface area (Å²) in [5, 5.41) is -0.0525. The predicted octanol–water partition coefficient (Wildman–Crippen LogP) is 0.328. The highest BCUT2D eigenvalue weighted by Gasteiger charge is 2.18. The molecule has 0 unspecified atom stereocenters. The van der Waals surface area contributed by atoms with Crippen LogP contribution in [0.15, 0.2) is 23.6 Å². The smallest absolute Gasteiger partial charge is 0.316 e. The Labute approximate surface area is 110 Å². The van der Waals surface area contributed by atoms with E-state index < -0.39 is 10.0 Å². The average Bonchev–Trinajstić information content (AvgIpc) is 2.71. The van der Waals surface area contributed by atoms with Gasteiger partial charge in [-0.3, -0.25) is 4.72 Å². The molecule has 19 heavy (non-hydrogen) atoms. The molecule has 2 aromatic rings. The Bertz CT molecular complexity index is 658. The van der Waals surface area contributed by atoms with E-state index in [-0.39, 0.29) is 16.7 Å². The Kier molecular flexibility index (Phi) is 3.38. The number of aromatic nitrogens is 4. The molecule has 8 nitrogen and oxygen atoms in total. The van der Waals surface area contributed by atoms with E-state index in [1.165, 1.54) is 25.7 Å². The number of anilines is 1. The number of nitrogens with one attached hydrogen (secondary N) is 1. The molecule has 0 amide bonds. The van der Waals surface area contributed by atoms with Crippen LogP contribution < -0.4 is 9.46 Å². The number of nitrogens with zero attached hydrogens (tertiary/aromatic N) is 4. The molecule has 0 fully saturated rings. The zero-order chi connectivity index (χ0) is 14.0. The number of rotatable bonds is 4. The van der Waals surface area contributed by atoms with Crippen molar-refractivity contribution in [2.75, 3.05) is 11.8 Å². The van der Waals surface area contributed by atoms with E-state index in [2.05, 4.69) is 19.7 Å². The molecule has 1 N–H and O–H groups in total. The van der Waals surface area contributed by atoms with Gasteiger partial charge in [-0.15, -0.1) is 0 Å². The lowest BCUT2D eigenvalue weighted by atomic mass is 10.6. The van der Waals surface area contributed by atoms with Gasteiger partial charge in [-0.2, -0.15) is 8.42 Å². The van der Waals surface area contributed by atoms with Gasteiger partial charge in [-0.1, -0.05) is 0 Å². The maximum Gasteiger partial charge on any atom is 0.316 e. The Balaban J connectivity index is 2.25. The monoisotopic (exact) mass is 283 g/mol. The highest BCUT2D eigenvalue weighted by molar-refractivity contribution is 7.92. The van der Waals surface area contributed by atoms with Crippen LogP contribution >= 0.6 is 0 Å². The van der Waals surface area contributed by atoms with Gasteiger partial charge in [0.05, 0.1) is 25.2 Å².